The molecule has 0 spiro atoms. The number of fused-ring (bicyclic) bond motifs is 3. The third-order valence-electron chi connectivity index (χ3n) is 4.52. The predicted octanol–water partition coefficient (Wildman–Crippen LogP) is 3.13. The van der Waals surface area contributed by atoms with Gasteiger partial charge < -0.3 is 9.84 Å². The van der Waals surface area contributed by atoms with Crippen molar-refractivity contribution in [2.45, 2.75) is 44.6 Å². The third kappa shape index (κ3) is 2.32. The Morgan fingerprint density at radius 3 is 3.16 bits per heavy atom. The molecule has 1 saturated heterocycles. The second-order valence-corrected chi connectivity index (χ2v) is 5.71. The molecule has 0 unspecified atom stereocenters. The molecule has 2 heterocycles. The molecule has 0 aromatic heterocycles. The van der Waals surface area contributed by atoms with E-state index in [0.717, 1.165) is 12.4 Å². The summed E-state index contributed by atoms with van der Waals surface area (Å²) in [4.78, 5) is 2.59. The first-order valence-corrected chi connectivity index (χ1v) is 7.50. The lowest BCUT2D eigenvalue weighted by atomic mass is 9.81. The topological polar surface area (TPSA) is 32.7 Å². The number of likely N-dealkylation sites (tertiary alicyclic amines) is 1. The van der Waals surface area contributed by atoms with Crippen molar-refractivity contribution in [2.24, 2.45) is 0 Å². The first kappa shape index (κ1) is 12.8. The normalized spacial score (nSPS) is 26.4. The zero-order chi connectivity index (χ0) is 13.2. The van der Waals surface area contributed by atoms with Crippen LogP contribution >= 0.6 is 0 Å². The zero-order valence-corrected chi connectivity index (χ0v) is 11.6. The molecule has 1 aromatic carbocycles. The van der Waals surface area contributed by atoms with E-state index in [-0.39, 0.29) is 0 Å². The molecular formula is C16H23NO2. The Balaban J connectivity index is 1.85. The number of nitrogens with zero attached hydrogens (tertiary/aromatic N) is 1. The highest BCUT2D eigenvalue weighted by atomic mass is 16.5. The van der Waals surface area contributed by atoms with Crippen LogP contribution in [0.3, 0.4) is 0 Å². The molecule has 0 radical (unpaired) electrons. The first-order chi connectivity index (χ1) is 9.31. The number of para-hydroxylation sites is 1. The van der Waals surface area contributed by atoms with Crippen LogP contribution in [-0.4, -0.2) is 35.7 Å². The Morgan fingerprint density at radius 2 is 2.32 bits per heavy atom. The molecule has 19 heavy (non-hydrogen) atoms. The SMILES string of the molecule is CCCCN1CCC[C@@H]2c3cccc(O)c3OC[C@H]21. The Hall–Kier alpha value is -1.22. The minimum Gasteiger partial charge on any atom is -0.504 e. The van der Waals surface area contributed by atoms with Crippen LogP contribution in [0.15, 0.2) is 18.2 Å². The molecule has 0 saturated carbocycles. The van der Waals surface area contributed by atoms with Gasteiger partial charge in [0.25, 0.3) is 0 Å². The van der Waals surface area contributed by atoms with Gasteiger partial charge in [0.2, 0.25) is 0 Å². The molecule has 3 rings (SSSR count). The van der Waals surface area contributed by atoms with Gasteiger partial charge >= 0.3 is 0 Å². The molecule has 0 aliphatic carbocycles. The van der Waals surface area contributed by atoms with Gasteiger partial charge in [-0.15, -0.1) is 0 Å². The smallest absolute Gasteiger partial charge is 0.164 e. The van der Waals surface area contributed by atoms with Crippen LogP contribution in [-0.2, 0) is 0 Å². The van der Waals surface area contributed by atoms with Gasteiger partial charge in [-0.25, -0.2) is 0 Å². The minimum absolute atomic E-state index is 0.293. The summed E-state index contributed by atoms with van der Waals surface area (Å²) < 4.78 is 5.84. The number of ether oxygens (including phenoxy) is 1. The van der Waals surface area contributed by atoms with E-state index in [1.54, 1.807) is 6.07 Å². The maximum Gasteiger partial charge on any atom is 0.164 e. The number of hydrogen-bond acceptors (Lipinski definition) is 3. The van der Waals surface area contributed by atoms with Crippen molar-refractivity contribution < 1.29 is 9.84 Å². The largest absolute Gasteiger partial charge is 0.504 e. The molecular weight excluding hydrogens is 238 g/mol. The number of phenols is 1. The molecule has 1 aromatic rings. The number of unbranched alkanes of at least 4 members (excludes halogenated alkanes) is 1. The molecule has 3 nitrogen and oxygen atoms in total. The molecule has 3 heteroatoms. The van der Waals surface area contributed by atoms with Crippen molar-refractivity contribution in [1.82, 2.24) is 4.90 Å². The van der Waals surface area contributed by atoms with E-state index in [2.05, 4.69) is 17.9 Å². The highest BCUT2D eigenvalue weighted by Crippen LogP contribution is 2.44. The van der Waals surface area contributed by atoms with E-state index < -0.39 is 0 Å². The number of phenolic OH excluding ortho intramolecular Hbond substituents is 1. The lowest BCUT2D eigenvalue weighted by molar-refractivity contribution is 0.0632. The van der Waals surface area contributed by atoms with E-state index in [1.165, 1.54) is 44.3 Å². The average Bonchev–Trinajstić information content (AvgIpc) is 2.45. The van der Waals surface area contributed by atoms with Crippen LogP contribution in [0.4, 0.5) is 0 Å². The van der Waals surface area contributed by atoms with E-state index in [0.29, 0.717) is 17.7 Å². The molecule has 2 aliphatic heterocycles. The minimum atomic E-state index is 0.293. The number of hydrogen-bond donors (Lipinski definition) is 1. The summed E-state index contributed by atoms with van der Waals surface area (Å²) in [5, 5.41) is 9.92. The van der Waals surface area contributed by atoms with Gasteiger partial charge in [0.15, 0.2) is 11.5 Å². The van der Waals surface area contributed by atoms with Crippen molar-refractivity contribution >= 4 is 0 Å². The number of benzene rings is 1. The zero-order valence-electron chi connectivity index (χ0n) is 11.6. The predicted molar refractivity (Wildman–Crippen MR) is 75.8 cm³/mol. The fourth-order valence-corrected chi connectivity index (χ4v) is 3.51. The molecule has 104 valence electrons. The molecule has 2 aliphatic rings. The van der Waals surface area contributed by atoms with Crippen LogP contribution < -0.4 is 4.74 Å². The first-order valence-electron chi connectivity index (χ1n) is 7.50. The molecule has 1 N–H and O–H groups in total. The maximum absolute atomic E-state index is 9.92. The van der Waals surface area contributed by atoms with Gasteiger partial charge in [-0.3, -0.25) is 4.90 Å². The summed E-state index contributed by atoms with van der Waals surface area (Å²) in [6, 6.07) is 6.27. The average molecular weight is 261 g/mol. The van der Waals surface area contributed by atoms with Crippen molar-refractivity contribution in [1.29, 1.82) is 0 Å². The Kier molecular flexibility index (Phi) is 3.65. The van der Waals surface area contributed by atoms with E-state index in [1.807, 2.05) is 6.07 Å². The summed E-state index contributed by atoms with van der Waals surface area (Å²) in [6.07, 6.45) is 4.97. The molecule has 2 atom stereocenters. The van der Waals surface area contributed by atoms with Crippen LogP contribution in [0.2, 0.25) is 0 Å². The summed E-state index contributed by atoms with van der Waals surface area (Å²) in [5.41, 5.74) is 1.21. The summed E-state index contributed by atoms with van der Waals surface area (Å²) in [7, 11) is 0. The van der Waals surface area contributed by atoms with E-state index in [4.69, 9.17) is 4.74 Å². The molecule has 0 amide bonds. The van der Waals surface area contributed by atoms with Gasteiger partial charge in [-0.1, -0.05) is 25.5 Å². The number of piperidine rings is 1. The lowest BCUT2D eigenvalue weighted by Crippen LogP contribution is -2.49. The third-order valence-corrected chi connectivity index (χ3v) is 4.52. The fraction of sp³-hybridized carbons (Fsp3) is 0.625. The van der Waals surface area contributed by atoms with Gasteiger partial charge in [-0.05, 0) is 38.4 Å². The van der Waals surface area contributed by atoms with Crippen molar-refractivity contribution in [3.05, 3.63) is 23.8 Å². The Morgan fingerprint density at radius 1 is 1.42 bits per heavy atom. The highest BCUT2D eigenvalue weighted by Gasteiger charge is 2.37. The maximum atomic E-state index is 9.92. The van der Waals surface area contributed by atoms with Crippen LogP contribution in [0.25, 0.3) is 0 Å². The van der Waals surface area contributed by atoms with Crippen molar-refractivity contribution in [3.8, 4) is 11.5 Å². The Labute approximate surface area is 115 Å². The summed E-state index contributed by atoms with van der Waals surface area (Å²) in [5.74, 6) is 1.55. The van der Waals surface area contributed by atoms with Gasteiger partial charge in [0.05, 0.1) is 6.04 Å². The van der Waals surface area contributed by atoms with Crippen LogP contribution in [0, 0.1) is 0 Å². The van der Waals surface area contributed by atoms with E-state index >= 15 is 0 Å². The number of aromatic hydroxyl groups is 1. The second kappa shape index (κ2) is 5.41. The lowest BCUT2D eigenvalue weighted by Gasteiger charge is -2.44. The Bertz CT molecular complexity index is 446. The van der Waals surface area contributed by atoms with E-state index in [9.17, 15) is 5.11 Å². The van der Waals surface area contributed by atoms with Gasteiger partial charge in [-0.2, -0.15) is 0 Å². The summed E-state index contributed by atoms with van der Waals surface area (Å²) in [6.45, 7) is 5.33. The fourth-order valence-electron chi connectivity index (χ4n) is 3.51. The van der Waals surface area contributed by atoms with Crippen molar-refractivity contribution in [2.75, 3.05) is 19.7 Å². The van der Waals surface area contributed by atoms with Gasteiger partial charge in [0, 0.05) is 11.5 Å². The molecule has 1 fully saturated rings. The summed E-state index contributed by atoms with van der Waals surface area (Å²) >= 11 is 0. The number of rotatable bonds is 3. The van der Waals surface area contributed by atoms with Crippen LogP contribution in [0.5, 0.6) is 11.5 Å². The monoisotopic (exact) mass is 261 g/mol. The van der Waals surface area contributed by atoms with Gasteiger partial charge in [0.1, 0.15) is 6.61 Å². The van der Waals surface area contributed by atoms with Crippen LogP contribution in [0.1, 0.15) is 44.1 Å². The molecule has 0 bridgehead atoms. The van der Waals surface area contributed by atoms with Crippen molar-refractivity contribution in [3.63, 3.8) is 0 Å². The highest BCUT2D eigenvalue weighted by molar-refractivity contribution is 5.49. The quantitative estimate of drug-likeness (QED) is 0.907. The second-order valence-electron chi connectivity index (χ2n) is 5.71. The standard InChI is InChI=1S/C16H23NO2/c1-2-3-9-17-10-5-7-12-13-6-4-8-15(18)16(13)19-11-14(12)17/h4,6,8,12,14,18H,2-3,5,7,9-11H2,1H3/t12-,14-/m1/s1.